The van der Waals surface area contributed by atoms with Crippen LogP contribution in [0.3, 0.4) is 0 Å². The molecule has 4 aromatic rings. The highest BCUT2D eigenvalue weighted by Crippen LogP contribution is 2.15. The molecule has 4 heterocycles. The fourth-order valence-electron chi connectivity index (χ4n) is 4.15. The van der Waals surface area contributed by atoms with Gasteiger partial charge in [-0.25, -0.2) is 19.6 Å². The van der Waals surface area contributed by atoms with Gasteiger partial charge in [0.1, 0.15) is 0 Å². The van der Waals surface area contributed by atoms with Crippen molar-refractivity contribution in [3.8, 4) is 0 Å². The van der Waals surface area contributed by atoms with Gasteiger partial charge in [0.05, 0.1) is 11.4 Å². The third kappa shape index (κ3) is 7.48. The molecule has 0 saturated carbocycles. The quantitative estimate of drug-likeness (QED) is 0.275. The van der Waals surface area contributed by atoms with E-state index in [2.05, 4.69) is 29.7 Å². The van der Waals surface area contributed by atoms with Gasteiger partial charge in [0.15, 0.2) is 11.4 Å². The molecule has 2 N–H and O–H groups in total. The standard InChI is InChI=1S/C28H28N6O4/c35-27(36)25-21(7-5-13-31-25)17-33(19-23-9-1-3-11-29-23)15-16-34(20-24-10-2-4-12-30-24)18-22-8-6-14-32-26(22)28(37)38/h1-14H,15-20H2,(H,35,36)(H,37,38). The Balaban J connectivity index is 1.57. The van der Waals surface area contributed by atoms with Crippen molar-refractivity contribution in [3.63, 3.8) is 0 Å². The maximum absolute atomic E-state index is 11.8. The average Bonchev–Trinajstić information content (AvgIpc) is 2.93. The van der Waals surface area contributed by atoms with Gasteiger partial charge >= 0.3 is 11.9 Å². The highest BCUT2D eigenvalue weighted by atomic mass is 16.4. The maximum atomic E-state index is 11.8. The van der Waals surface area contributed by atoms with E-state index in [-0.39, 0.29) is 11.4 Å². The number of rotatable bonds is 13. The molecule has 0 saturated heterocycles. The van der Waals surface area contributed by atoms with Crippen molar-refractivity contribution in [1.29, 1.82) is 0 Å². The van der Waals surface area contributed by atoms with Crippen LogP contribution in [0.25, 0.3) is 0 Å². The van der Waals surface area contributed by atoms with Crippen LogP contribution in [-0.4, -0.2) is 65.0 Å². The minimum atomic E-state index is -1.08. The minimum Gasteiger partial charge on any atom is -0.477 e. The lowest BCUT2D eigenvalue weighted by Crippen LogP contribution is -2.35. The predicted octanol–water partition coefficient (Wildman–Crippen LogP) is 3.37. The smallest absolute Gasteiger partial charge is 0.354 e. The normalized spacial score (nSPS) is 11.1. The van der Waals surface area contributed by atoms with Gasteiger partial charge in [0.25, 0.3) is 0 Å². The Morgan fingerprint density at radius 3 is 1.34 bits per heavy atom. The van der Waals surface area contributed by atoms with E-state index < -0.39 is 11.9 Å². The topological polar surface area (TPSA) is 133 Å². The van der Waals surface area contributed by atoms with E-state index in [9.17, 15) is 19.8 Å². The summed E-state index contributed by atoms with van der Waals surface area (Å²) in [5, 5.41) is 19.2. The van der Waals surface area contributed by atoms with E-state index in [4.69, 9.17) is 0 Å². The van der Waals surface area contributed by atoms with Crippen LogP contribution in [0.4, 0.5) is 0 Å². The Labute approximate surface area is 220 Å². The molecule has 0 aliphatic heterocycles. The van der Waals surface area contributed by atoms with Gasteiger partial charge in [0.2, 0.25) is 0 Å². The zero-order valence-electron chi connectivity index (χ0n) is 20.7. The monoisotopic (exact) mass is 512 g/mol. The maximum Gasteiger partial charge on any atom is 0.354 e. The van der Waals surface area contributed by atoms with Gasteiger partial charge < -0.3 is 10.2 Å². The zero-order valence-corrected chi connectivity index (χ0v) is 20.7. The second kappa shape index (κ2) is 13.1. The van der Waals surface area contributed by atoms with E-state index in [1.165, 1.54) is 12.4 Å². The lowest BCUT2D eigenvalue weighted by atomic mass is 10.1. The average molecular weight is 513 g/mol. The number of carbonyl (C=O) groups is 2. The molecule has 38 heavy (non-hydrogen) atoms. The molecule has 4 rings (SSSR count). The molecule has 0 spiro atoms. The van der Waals surface area contributed by atoms with Gasteiger partial charge in [-0.1, -0.05) is 24.3 Å². The molecule has 0 aliphatic rings. The summed E-state index contributed by atoms with van der Waals surface area (Å²) in [6, 6.07) is 18.4. The van der Waals surface area contributed by atoms with Gasteiger partial charge in [-0.05, 0) is 47.5 Å². The second-order valence-electron chi connectivity index (χ2n) is 8.70. The second-order valence-corrected chi connectivity index (χ2v) is 8.70. The fourth-order valence-corrected chi connectivity index (χ4v) is 4.15. The first kappa shape index (κ1) is 26.5. The predicted molar refractivity (Wildman–Crippen MR) is 139 cm³/mol. The highest BCUT2D eigenvalue weighted by Gasteiger charge is 2.19. The molecule has 0 aliphatic carbocycles. The van der Waals surface area contributed by atoms with Crippen LogP contribution in [0.1, 0.15) is 43.5 Å². The van der Waals surface area contributed by atoms with Crippen molar-refractivity contribution in [3.05, 3.63) is 119 Å². The summed E-state index contributed by atoms with van der Waals surface area (Å²) in [6.45, 7) is 2.83. The summed E-state index contributed by atoms with van der Waals surface area (Å²) in [4.78, 5) is 44.7. The molecule has 0 aromatic carbocycles. The first-order chi connectivity index (χ1) is 18.5. The Kier molecular flexibility index (Phi) is 9.17. The number of carboxylic acids is 2. The number of hydrogen-bond acceptors (Lipinski definition) is 8. The van der Waals surface area contributed by atoms with Crippen LogP contribution in [0, 0.1) is 0 Å². The number of aromatic carboxylic acids is 2. The molecule has 10 heteroatoms. The molecule has 194 valence electrons. The van der Waals surface area contributed by atoms with Gasteiger partial charge in [-0.15, -0.1) is 0 Å². The molecule has 0 radical (unpaired) electrons. The Bertz CT molecular complexity index is 1250. The molecule has 0 amide bonds. The van der Waals surface area contributed by atoms with Crippen LogP contribution in [0.15, 0.2) is 85.5 Å². The lowest BCUT2D eigenvalue weighted by Gasteiger charge is -2.28. The molecule has 10 nitrogen and oxygen atoms in total. The van der Waals surface area contributed by atoms with E-state index >= 15 is 0 Å². The summed E-state index contributed by atoms with van der Waals surface area (Å²) in [6.07, 6.45) is 6.39. The molecule has 0 fully saturated rings. The molecule has 4 aromatic heterocycles. The van der Waals surface area contributed by atoms with Crippen molar-refractivity contribution >= 4 is 11.9 Å². The van der Waals surface area contributed by atoms with Crippen LogP contribution < -0.4 is 0 Å². The SMILES string of the molecule is O=C(O)c1ncccc1CN(CCN(Cc1ccccn1)Cc1cccnc1C(=O)O)Cc1ccccn1. The number of nitrogens with zero attached hydrogens (tertiary/aromatic N) is 6. The third-order valence-corrected chi connectivity index (χ3v) is 5.93. The number of aromatic nitrogens is 4. The molecule has 0 bridgehead atoms. The molecule has 0 atom stereocenters. The van der Waals surface area contributed by atoms with Gasteiger partial charge in [-0.3, -0.25) is 19.8 Å². The molecular formula is C28H28N6O4. The summed E-state index contributed by atoms with van der Waals surface area (Å²) in [5.41, 5.74) is 2.95. The van der Waals surface area contributed by atoms with Gasteiger partial charge in [0, 0.05) is 64.1 Å². The largest absolute Gasteiger partial charge is 0.477 e. The highest BCUT2D eigenvalue weighted by molar-refractivity contribution is 5.87. The summed E-state index contributed by atoms with van der Waals surface area (Å²) in [7, 11) is 0. The zero-order chi connectivity index (χ0) is 26.7. The van der Waals surface area contributed by atoms with Crippen molar-refractivity contribution in [2.75, 3.05) is 13.1 Å². The first-order valence-electron chi connectivity index (χ1n) is 12.1. The van der Waals surface area contributed by atoms with Crippen molar-refractivity contribution in [1.82, 2.24) is 29.7 Å². The van der Waals surface area contributed by atoms with E-state index in [1.807, 2.05) is 36.4 Å². The first-order valence-corrected chi connectivity index (χ1v) is 12.1. The van der Waals surface area contributed by atoms with Crippen molar-refractivity contribution in [2.45, 2.75) is 26.2 Å². The summed E-state index contributed by atoms with van der Waals surface area (Å²) >= 11 is 0. The summed E-state index contributed by atoms with van der Waals surface area (Å²) < 4.78 is 0. The van der Waals surface area contributed by atoms with Gasteiger partial charge in [-0.2, -0.15) is 0 Å². The van der Waals surface area contributed by atoms with Crippen LogP contribution >= 0.6 is 0 Å². The van der Waals surface area contributed by atoms with Crippen LogP contribution in [-0.2, 0) is 26.2 Å². The Morgan fingerprint density at radius 1 is 0.553 bits per heavy atom. The van der Waals surface area contributed by atoms with Crippen LogP contribution in [0.2, 0.25) is 0 Å². The minimum absolute atomic E-state index is 0.0188. The molecular weight excluding hydrogens is 484 g/mol. The number of hydrogen-bond donors (Lipinski definition) is 2. The summed E-state index contributed by atoms with van der Waals surface area (Å²) in [5.74, 6) is -2.15. The van der Waals surface area contributed by atoms with Crippen molar-refractivity contribution in [2.24, 2.45) is 0 Å². The molecule has 0 unspecified atom stereocenters. The Hall–Kier alpha value is -4.54. The fraction of sp³-hybridized carbons (Fsp3) is 0.214. The van der Waals surface area contributed by atoms with Crippen molar-refractivity contribution < 1.29 is 19.8 Å². The van der Waals surface area contributed by atoms with Crippen LogP contribution in [0.5, 0.6) is 0 Å². The van der Waals surface area contributed by atoms with E-state index in [0.717, 1.165) is 11.4 Å². The van der Waals surface area contributed by atoms with E-state index in [0.29, 0.717) is 50.4 Å². The lowest BCUT2D eigenvalue weighted by molar-refractivity contribution is 0.0675. The third-order valence-electron chi connectivity index (χ3n) is 5.93. The Morgan fingerprint density at radius 2 is 0.974 bits per heavy atom. The van der Waals surface area contributed by atoms with E-state index in [1.54, 1.807) is 36.7 Å². The number of pyridine rings is 4. The number of carboxylic acid groups (broad SMARTS) is 2.